The summed E-state index contributed by atoms with van der Waals surface area (Å²) in [5, 5.41) is 8.49. The minimum absolute atomic E-state index is 0.559. The van der Waals surface area contributed by atoms with Crippen LogP contribution >= 0.6 is 0 Å². The SMILES string of the molecule is C#CCCN1CCN(CC#N)CC1. The van der Waals surface area contributed by atoms with E-state index in [1.165, 1.54) is 0 Å². The van der Waals surface area contributed by atoms with Crippen molar-refractivity contribution < 1.29 is 0 Å². The third-order valence-electron chi connectivity index (χ3n) is 2.33. The first kappa shape index (κ1) is 10.1. The molecule has 13 heavy (non-hydrogen) atoms. The van der Waals surface area contributed by atoms with Crippen LogP contribution < -0.4 is 0 Å². The monoisotopic (exact) mass is 177 g/mol. The van der Waals surface area contributed by atoms with Crippen LogP contribution in [-0.4, -0.2) is 49.1 Å². The van der Waals surface area contributed by atoms with E-state index in [1.54, 1.807) is 0 Å². The number of rotatable bonds is 3. The Balaban J connectivity index is 2.16. The molecule has 3 nitrogen and oxygen atoms in total. The quantitative estimate of drug-likeness (QED) is 0.454. The van der Waals surface area contributed by atoms with Crippen molar-refractivity contribution in [2.45, 2.75) is 6.42 Å². The van der Waals surface area contributed by atoms with Crippen LogP contribution in [0, 0.1) is 23.7 Å². The van der Waals surface area contributed by atoms with Gasteiger partial charge in [0.05, 0.1) is 12.6 Å². The summed E-state index contributed by atoms with van der Waals surface area (Å²) in [4.78, 5) is 4.53. The van der Waals surface area contributed by atoms with Crippen molar-refractivity contribution in [3.8, 4) is 18.4 Å². The molecular formula is C10H15N3. The highest BCUT2D eigenvalue weighted by molar-refractivity contribution is 4.86. The molecule has 70 valence electrons. The van der Waals surface area contributed by atoms with E-state index in [0.29, 0.717) is 6.54 Å². The van der Waals surface area contributed by atoms with Crippen molar-refractivity contribution in [2.24, 2.45) is 0 Å². The molecule has 0 N–H and O–H groups in total. The maximum Gasteiger partial charge on any atom is 0.0866 e. The number of terminal acetylenes is 1. The van der Waals surface area contributed by atoms with Crippen molar-refractivity contribution in [1.82, 2.24) is 9.80 Å². The van der Waals surface area contributed by atoms with Gasteiger partial charge in [-0.05, 0) is 0 Å². The highest BCUT2D eigenvalue weighted by Gasteiger charge is 2.14. The van der Waals surface area contributed by atoms with Crippen LogP contribution in [0.4, 0.5) is 0 Å². The third-order valence-corrected chi connectivity index (χ3v) is 2.33. The summed E-state index contributed by atoms with van der Waals surface area (Å²) in [6.07, 6.45) is 6.02. The lowest BCUT2D eigenvalue weighted by Crippen LogP contribution is -2.46. The Morgan fingerprint density at radius 3 is 2.31 bits per heavy atom. The lowest BCUT2D eigenvalue weighted by Gasteiger charge is -2.32. The lowest BCUT2D eigenvalue weighted by molar-refractivity contribution is 0.146. The summed E-state index contributed by atoms with van der Waals surface area (Å²) in [5.41, 5.74) is 0. The molecule has 1 aliphatic heterocycles. The van der Waals surface area contributed by atoms with Gasteiger partial charge in [0, 0.05) is 39.1 Å². The predicted octanol–water partition coefficient (Wildman–Crippen LogP) is 0.151. The van der Waals surface area contributed by atoms with Crippen molar-refractivity contribution in [3.05, 3.63) is 0 Å². The second-order valence-corrected chi connectivity index (χ2v) is 3.23. The van der Waals surface area contributed by atoms with Crippen LogP contribution in [0.25, 0.3) is 0 Å². The van der Waals surface area contributed by atoms with Crippen LogP contribution in [-0.2, 0) is 0 Å². The van der Waals surface area contributed by atoms with Crippen molar-refractivity contribution >= 4 is 0 Å². The molecule has 1 saturated heterocycles. The Bertz CT molecular complexity index is 215. The Kier molecular flexibility index (Phi) is 4.32. The van der Waals surface area contributed by atoms with E-state index in [9.17, 15) is 0 Å². The first-order valence-corrected chi connectivity index (χ1v) is 4.62. The highest BCUT2D eigenvalue weighted by Crippen LogP contribution is 2.01. The molecule has 1 heterocycles. The van der Waals surface area contributed by atoms with Gasteiger partial charge in [0.25, 0.3) is 0 Å². The molecule has 0 radical (unpaired) electrons. The zero-order valence-electron chi connectivity index (χ0n) is 7.87. The Labute approximate surface area is 79.9 Å². The minimum atomic E-state index is 0.559. The van der Waals surface area contributed by atoms with Gasteiger partial charge in [-0.1, -0.05) is 0 Å². The minimum Gasteiger partial charge on any atom is -0.300 e. The number of hydrogen-bond donors (Lipinski definition) is 0. The molecule has 1 fully saturated rings. The van der Waals surface area contributed by atoms with Crippen LogP contribution in [0.2, 0.25) is 0 Å². The summed E-state index contributed by atoms with van der Waals surface area (Å²) >= 11 is 0. The van der Waals surface area contributed by atoms with Gasteiger partial charge in [-0.2, -0.15) is 5.26 Å². The van der Waals surface area contributed by atoms with Gasteiger partial charge in [-0.3, -0.25) is 9.80 Å². The van der Waals surface area contributed by atoms with E-state index < -0.39 is 0 Å². The van der Waals surface area contributed by atoms with Gasteiger partial charge in [0.1, 0.15) is 0 Å². The molecule has 1 rings (SSSR count). The van der Waals surface area contributed by atoms with Crippen molar-refractivity contribution in [2.75, 3.05) is 39.3 Å². The van der Waals surface area contributed by atoms with Gasteiger partial charge in [0.15, 0.2) is 0 Å². The van der Waals surface area contributed by atoms with Crippen molar-refractivity contribution in [3.63, 3.8) is 0 Å². The molecule has 3 heteroatoms. The third kappa shape index (κ3) is 3.46. The normalized spacial score (nSPS) is 19.2. The van der Waals surface area contributed by atoms with Gasteiger partial charge >= 0.3 is 0 Å². The molecule has 0 aliphatic carbocycles. The highest BCUT2D eigenvalue weighted by atomic mass is 15.3. The van der Waals surface area contributed by atoms with Crippen molar-refractivity contribution in [1.29, 1.82) is 5.26 Å². The van der Waals surface area contributed by atoms with Gasteiger partial charge < -0.3 is 0 Å². The second kappa shape index (κ2) is 5.59. The topological polar surface area (TPSA) is 30.3 Å². The molecule has 0 aromatic heterocycles. The zero-order valence-corrected chi connectivity index (χ0v) is 7.87. The number of nitriles is 1. The van der Waals surface area contributed by atoms with E-state index in [2.05, 4.69) is 21.8 Å². The molecule has 0 aromatic rings. The van der Waals surface area contributed by atoms with Gasteiger partial charge in [-0.25, -0.2) is 0 Å². The largest absolute Gasteiger partial charge is 0.300 e. The first-order chi connectivity index (χ1) is 6.36. The van der Waals surface area contributed by atoms with Crippen LogP contribution in [0.15, 0.2) is 0 Å². The summed E-state index contributed by atoms with van der Waals surface area (Å²) in [5.74, 6) is 2.64. The molecule has 0 aromatic carbocycles. The molecule has 0 amide bonds. The molecule has 1 aliphatic rings. The van der Waals surface area contributed by atoms with Gasteiger partial charge in [-0.15, -0.1) is 12.3 Å². The molecule has 0 bridgehead atoms. The standard InChI is InChI=1S/C10H15N3/c1-2-3-5-12-7-9-13(6-4-11)10-8-12/h1H,3,5-10H2. The molecule has 0 unspecified atom stereocenters. The number of piperazine rings is 1. The van der Waals surface area contributed by atoms with E-state index in [4.69, 9.17) is 11.7 Å². The predicted molar refractivity (Wildman–Crippen MR) is 51.9 cm³/mol. The Hall–Kier alpha value is -1.03. The van der Waals surface area contributed by atoms with Crippen LogP contribution in [0.5, 0.6) is 0 Å². The molecule has 0 atom stereocenters. The summed E-state index contributed by atoms with van der Waals surface area (Å²) in [6, 6.07) is 2.17. The first-order valence-electron chi connectivity index (χ1n) is 4.62. The van der Waals surface area contributed by atoms with Crippen LogP contribution in [0.3, 0.4) is 0 Å². The maximum atomic E-state index is 8.49. The summed E-state index contributed by atoms with van der Waals surface area (Å²) < 4.78 is 0. The number of nitrogens with zero attached hydrogens (tertiary/aromatic N) is 3. The fourth-order valence-electron chi connectivity index (χ4n) is 1.49. The second-order valence-electron chi connectivity index (χ2n) is 3.23. The molecule has 0 saturated carbocycles. The fraction of sp³-hybridized carbons (Fsp3) is 0.700. The summed E-state index contributed by atoms with van der Waals surface area (Å²) in [6.45, 7) is 5.64. The molecular weight excluding hydrogens is 162 g/mol. The zero-order chi connectivity index (χ0) is 9.52. The fourth-order valence-corrected chi connectivity index (χ4v) is 1.49. The number of hydrogen-bond acceptors (Lipinski definition) is 3. The van der Waals surface area contributed by atoms with E-state index >= 15 is 0 Å². The van der Waals surface area contributed by atoms with Gasteiger partial charge in [0.2, 0.25) is 0 Å². The van der Waals surface area contributed by atoms with Crippen LogP contribution in [0.1, 0.15) is 6.42 Å². The average molecular weight is 177 g/mol. The maximum absolute atomic E-state index is 8.49. The van der Waals surface area contributed by atoms with E-state index in [0.717, 1.165) is 39.1 Å². The van der Waals surface area contributed by atoms with E-state index in [1.807, 2.05) is 0 Å². The lowest BCUT2D eigenvalue weighted by atomic mass is 10.3. The average Bonchev–Trinajstić information content (AvgIpc) is 2.17. The Morgan fingerprint density at radius 1 is 1.15 bits per heavy atom. The molecule has 0 spiro atoms. The summed E-state index contributed by atoms with van der Waals surface area (Å²) in [7, 11) is 0. The smallest absolute Gasteiger partial charge is 0.0866 e. The van der Waals surface area contributed by atoms with E-state index in [-0.39, 0.29) is 0 Å². The Morgan fingerprint density at radius 2 is 1.77 bits per heavy atom.